The molecule has 0 aliphatic carbocycles. The molecule has 0 aromatic carbocycles. The molecular formula is C19H19F4IN6OS. The van der Waals surface area contributed by atoms with Crippen LogP contribution in [0.4, 0.5) is 23.4 Å². The van der Waals surface area contributed by atoms with Gasteiger partial charge in [-0.1, -0.05) is 0 Å². The normalized spacial score (nSPS) is 16.1. The summed E-state index contributed by atoms with van der Waals surface area (Å²) in [5.74, 6) is -2.72. The summed E-state index contributed by atoms with van der Waals surface area (Å²) in [6.45, 7) is -2.55. The summed E-state index contributed by atoms with van der Waals surface area (Å²) in [7, 11) is 1.51. The number of nitrogens with one attached hydrogen (secondary N) is 1. The maximum absolute atomic E-state index is 14.7. The van der Waals surface area contributed by atoms with Crippen molar-refractivity contribution in [3.05, 3.63) is 42.6 Å². The zero-order valence-electron chi connectivity index (χ0n) is 16.6. The maximum Gasteiger partial charge on any atom is 0.387 e. The topological polar surface area (TPSA) is 68.1 Å². The van der Waals surface area contributed by atoms with Gasteiger partial charge in [-0.25, -0.2) is 9.97 Å². The number of piperidine rings is 1. The van der Waals surface area contributed by atoms with E-state index in [0.29, 0.717) is 25.9 Å². The minimum atomic E-state index is -3.21. The van der Waals surface area contributed by atoms with Crippen molar-refractivity contribution in [2.24, 2.45) is 0 Å². The van der Waals surface area contributed by atoms with E-state index in [0.717, 1.165) is 35.2 Å². The van der Waals surface area contributed by atoms with Gasteiger partial charge >= 0.3 is 12.5 Å². The van der Waals surface area contributed by atoms with Crippen LogP contribution in [-0.2, 0) is 5.92 Å². The molecule has 13 heteroatoms. The summed E-state index contributed by atoms with van der Waals surface area (Å²) < 4.78 is 59.8. The van der Waals surface area contributed by atoms with Gasteiger partial charge in [-0.05, 0) is 31.0 Å². The monoisotopic (exact) mass is 582 g/mol. The van der Waals surface area contributed by atoms with Gasteiger partial charge in [-0.15, -0.1) is 0 Å². The molecule has 0 unspecified atom stereocenters. The van der Waals surface area contributed by atoms with Gasteiger partial charge in [-0.3, -0.25) is 13.9 Å². The lowest BCUT2D eigenvalue weighted by molar-refractivity contribution is -0.0516. The van der Waals surface area contributed by atoms with E-state index in [2.05, 4.69) is 46.2 Å². The number of aromatic nitrogens is 4. The molecule has 3 aromatic heterocycles. The number of nitrogens with zero attached hydrogens (tertiary/aromatic N) is 5. The molecule has 7 nitrogen and oxygen atoms in total. The summed E-state index contributed by atoms with van der Waals surface area (Å²) in [5.41, 5.74) is 0.344. The number of pyridine rings is 1. The largest absolute Gasteiger partial charge is 0.433 e. The molecule has 0 radical (unpaired) electrons. The van der Waals surface area contributed by atoms with Crippen LogP contribution in [0.1, 0.15) is 18.5 Å². The second kappa shape index (κ2) is 9.95. The van der Waals surface area contributed by atoms with Crippen molar-refractivity contribution < 1.29 is 22.3 Å². The second-order valence-electron chi connectivity index (χ2n) is 7.33. The van der Waals surface area contributed by atoms with Crippen LogP contribution in [0.3, 0.4) is 0 Å². The van der Waals surface area contributed by atoms with Crippen LogP contribution >= 0.6 is 30.3 Å². The Bertz CT molecular complexity index is 1050. The van der Waals surface area contributed by atoms with Crippen LogP contribution in [0, 0.1) is 0 Å². The number of hydrogen-bond acceptors (Lipinski definition) is 7. The van der Waals surface area contributed by atoms with Crippen LogP contribution in [0.25, 0.3) is 11.0 Å². The first-order chi connectivity index (χ1) is 15.4. The van der Waals surface area contributed by atoms with Crippen LogP contribution < -0.4 is 10.1 Å². The molecule has 0 amide bonds. The minimum absolute atomic E-state index is 0.109. The summed E-state index contributed by atoms with van der Waals surface area (Å²) in [4.78, 5) is 14.0. The number of hydrogen-bond donors (Lipinski definition) is 1. The van der Waals surface area contributed by atoms with Crippen molar-refractivity contribution in [1.29, 1.82) is 0 Å². The van der Waals surface area contributed by atoms with Gasteiger partial charge in [-0.2, -0.15) is 17.6 Å². The van der Waals surface area contributed by atoms with Gasteiger partial charge in [0.15, 0.2) is 5.65 Å². The number of alkyl halides is 4. The average Bonchev–Trinajstić information content (AvgIpc) is 3.19. The number of likely N-dealkylation sites (tertiary alicyclic amines) is 1. The SMILES string of the molecule is FC(F)Oc1ccc(C(F)(F)CN2CCC(Nc3ncnc4c3ccn4SI)CC2)nc1. The van der Waals surface area contributed by atoms with Crippen molar-refractivity contribution in [3.63, 3.8) is 0 Å². The molecule has 32 heavy (non-hydrogen) atoms. The van der Waals surface area contributed by atoms with Gasteiger partial charge in [0.05, 0.1) is 18.1 Å². The number of halogens is 5. The third-order valence-corrected chi connectivity index (χ3v) is 6.93. The highest BCUT2D eigenvalue weighted by molar-refractivity contribution is 14.2. The zero-order chi connectivity index (χ0) is 22.7. The Morgan fingerprint density at radius 2 is 1.97 bits per heavy atom. The fraction of sp³-hybridized carbons (Fsp3) is 0.421. The van der Waals surface area contributed by atoms with Crippen LogP contribution in [-0.4, -0.2) is 56.1 Å². The highest BCUT2D eigenvalue weighted by Crippen LogP contribution is 2.31. The number of anilines is 1. The first kappa shape index (κ1) is 23.3. The average molecular weight is 582 g/mol. The molecule has 4 rings (SSSR count). The predicted molar refractivity (Wildman–Crippen MR) is 122 cm³/mol. The van der Waals surface area contributed by atoms with Crippen molar-refractivity contribution in [3.8, 4) is 5.75 Å². The minimum Gasteiger partial charge on any atom is -0.433 e. The lowest BCUT2D eigenvalue weighted by atomic mass is 10.0. The number of ether oxygens (including phenoxy) is 1. The van der Waals surface area contributed by atoms with E-state index in [1.165, 1.54) is 15.4 Å². The fourth-order valence-electron chi connectivity index (χ4n) is 3.66. The third-order valence-electron chi connectivity index (χ3n) is 5.21. The molecule has 1 aliphatic heterocycles. The fourth-order valence-corrected chi connectivity index (χ4v) is 4.93. The van der Waals surface area contributed by atoms with E-state index in [1.54, 1.807) is 4.90 Å². The van der Waals surface area contributed by atoms with Crippen molar-refractivity contribution in [1.82, 2.24) is 23.8 Å². The molecule has 0 bridgehead atoms. The van der Waals surface area contributed by atoms with Gasteiger partial charge in [0, 0.05) is 55.7 Å². The molecule has 3 aromatic rings. The van der Waals surface area contributed by atoms with Crippen molar-refractivity contribution in [2.45, 2.75) is 31.4 Å². The molecular weight excluding hydrogens is 563 g/mol. The smallest absolute Gasteiger partial charge is 0.387 e. The van der Waals surface area contributed by atoms with Crippen LogP contribution in [0.5, 0.6) is 5.75 Å². The van der Waals surface area contributed by atoms with Gasteiger partial charge in [0.1, 0.15) is 23.6 Å². The van der Waals surface area contributed by atoms with Gasteiger partial charge in [0.25, 0.3) is 0 Å². The lowest BCUT2D eigenvalue weighted by Crippen LogP contribution is -2.44. The highest BCUT2D eigenvalue weighted by atomic mass is 127. The Hall–Kier alpha value is -1.87. The predicted octanol–water partition coefficient (Wildman–Crippen LogP) is 4.94. The van der Waals surface area contributed by atoms with Gasteiger partial charge < -0.3 is 10.1 Å². The number of fused-ring (bicyclic) bond motifs is 1. The molecule has 1 fully saturated rings. The highest BCUT2D eigenvalue weighted by Gasteiger charge is 2.36. The molecule has 1 saturated heterocycles. The molecule has 0 saturated carbocycles. The summed E-state index contributed by atoms with van der Waals surface area (Å²) in [6, 6.07) is 4.15. The van der Waals surface area contributed by atoms with Crippen LogP contribution in [0.15, 0.2) is 36.9 Å². The van der Waals surface area contributed by atoms with E-state index in [1.807, 2.05) is 16.2 Å². The Balaban J connectivity index is 1.33. The third kappa shape index (κ3) is 5.36. The Morgan fingerprint density at radius 3 is 2.62 bits per heavy atom. The van der Waals surface area contributed by atoms with E-state index >= 15 is 0 Å². The first-order valence-electron chi connectivity index (χ1n) is 9.75. The second-order valence-corrected chi connectivity index (χ2v) is 9.04. The molecule has 1 aliphatic rings. The van der Waals surface area contributed by atoms with E-state index in [-0.39, 0.29) is 11.8 Å². The quantitative estimate of drug-likeness (QED) is 0.298. The Kier molecular flexibility index (Phi) is 7.24. The van der Waals surface area contributed by atoms with Crippen molar-refractivity contribution >= 4 is 47.2 Å². The molecule has 4 heterocycles. The summed E-state index contributed by atoms with van der Waals surface area (Å²) in [6.07, 6.45) is 5.68. The Morgan fingerprint density at radius 1 is 1.19 bits per heavy atom. The molecule has 0 atom stereocenters. The first-order valence-corrected chi connectivity index (χ1v) is 13.1. The van der Waals surface area contributed by atoms with Crippen molar-refractivity contribution in [2.75, 3.05) is 25.0 Å². The summed E-state index contributed by atoms with van der Waals surface area (Å²) >= 11 is 2.18. The Labute approximate surface area is 197 Å². The van der Waals surface area contributed by atoms with E-state index in [9.17, 15) is 17.6 Å². The molecule has 1 N–H and O–H groups in total. The van der Waals surface area contributed by atoms with Gasteiger partial charge in [0.2, 0.25) is 0 Å². The van der Waals surface area contributed by atoms with E-state index < -0.39 is 24.8 Å². The summed E-state index contributed by atoms with van der Waals surface area (Å²) in [5, 5.41) is 4.33. The van der Waals surface area contributed by atoms with Crippen LogP contribution in [0.2, 0.25) is 0 Å². The lowest BCUT2D eigenvalue weighted by Gasteiger charge is -2.34. The maximum atomic E-state index is 14.7. The zero-order valence-corrected chi connectivity index (χ0v) is 19.6. The van der Waals surface area contributed by atoms with E-state index in [4.69, 9.17) is 0 Å². The standard InChI is InChI=1S/C19H19F4IN6OS/c20-18(21)31-13-1-2-15(25-9-13)19(22,23)10-29-6-3-12(4-7-29)28-16-14-5-8-30(32-24)17(14)27-11-26-16/h1-2,5,8-9,11-12,18H,3-4,6-7,10H2,(H,26,27,28). The molecule has 172 valence electrons. The molecule has 0 spiro atoms. The number of rotatable bonds is 8.